The van der Waals surface area contributed by atoms with Crippen molar-refractivity contribution in [2.75, 3.05) is 5.32 Å². The Bertz CT molecular complexity index is 1150. The van der Waals surface area contributed by atoms with E-state index in [4.69, 9.17) is 0 Å². The van der Waals surface area contributed by atoms with E-state index in [0.717, 1.165) is 11.0 Å². The van der Waals surface area contributed by atoms with Gasteiger partial charge in [0.15, 0.2) is 0 Å². The van der Waals surface area contributed by atoms with Crippen LogP contribution >= 0.6 is 0 Å². The summed E-state index contributed by atoms with van der Waals surface area (Å²) in [7, 11) is 0. The van der Waals surface area contributed by atoms with Gasteiger partial charge in [-0.25, -0.2) is 15.0 Å². The van der Waals surface area contributed by atoms with E-state index in [1.165, 1.54) is 18.2 Å². The molecule has 0 saturated carbocycles. The molecule has 4 aromatic rings. The Labute approximate surface area is 161 Å². The topological polar surface area (TPSA) is 98.8 Å². The van der Waals surface area contributed by atoms with Crippen LogP contribution in [0.3, 0.4) is 0 Å². The third kappa shape index (κ3) is 3.16. The first-order valence-electron chi connectivity index (χ1n) is 8.83. The average Bonchev–Trinajstić information content (AvgIpc) is 3.12. The number of hydrogen-bond acceptors (Lipinski definition) is 6. The van der Waals surface area contributed by atoms with Crippen LogP contribution in [0.4, 0.5) is 17.2 Å². The number of benzene rings is 2. The predicted molar refractivity (Wildman–Crippen MR) is 107 cm³/mol. The van der Waals surface area contributed by atoms with E-state index >= 15 is 0 Å². The van der Waals surface area contributed by atoms with Crippen molar-refractivity contribution in [1.29, 1.82) is 0 Å². The maximum absolute atomic E-state index is 11.9. The Morgan fingerprint density at radius 2 is 1.79 bits per heavy atom. The van der Waals surface area contributed by atoms with Crippen molar-refractivity contribution >= 4 is 28.2 Å². The molecule has 0 aliphatic rings. The molecule has 0 bridgehead atoms. The minimum Gasteiger partial charge on any atom is -0.334 e. The van der Waals surface area contributed by atoms with E-state index in [1.807, 2.05) is 48.5 Å². The fourth-order valence-electron chi connectivity index (χ4n) is 3.02. The molecule has 0 aliphatic carbocycles. The summed E-state index contributed by atoms with van der Waals surface area (Å²) < 4.78 is 1.60. The highest BCUT2D eigenvalue weighted by atomic mass is 16.6. The molecular weight excluding hydrogens is 356 g/mol. The molecule has 2 aromatic carbocycles. The zero-order chi connectivity index (χ0) is 19.7. The van der Waals surface area contributed by atoms with Crippen LogP contribution in [0.2, 0.25) is 0 Å². The Kier molecular flexibility index (Phi) is 4.44. The van der Waals surface area contributed by atoms with Crippen LogP contribution in [0.5, 0.6) is 0 Å². The SMILES string of the molecule is CC(C)c1ccc(Nc2ncnc(-n3cnc4ccccc43)c2[N+](=O)[O-])cc1. The molecule has 8 nitrogen and oxygen atoms in total. The molecule has 0 spiro atoms. The van der Waals surface area contributed by atoms with E-state index in [-0.39, 0.29) is 17.3 Å². The first-order chi connectivity index (χ1) is 13.5. The molecule has 0 fully saturated rings. The zero-order valence-corrected chi connectivity index (χ0v) is 15.4. The fraction of sp³-hybridized carbons (Fsp3) is 0.150. The number of nitrogens with zero attached hydrogens (tertiary/aromatic N) is 5. The quantitative estimate of drug-likeness (QED) is 0.405. The lowest BCUT2D eigenvalue weighted by Crippen LogP contribution is -2.07. The molecule has 28 heavy (non-hydrogen) atoms. The molecule has 1 N–H and O–H groups in total. The molecular formula is C20H18N6O2. The third-order valence-corrected chi connectivity index (χ3v) is 4.51. The van der Waals surface area contributed by atoms with E-state index in [0.29, 0.717) is 11.6 Å². The highest BCUT2D eigenvalue weighted by molar-refractivity contribution is 5.79. The minimum absolute atomic E-state index is 0.130. The van der Waals surface area contributed by atoms with Crippen molar-refractivity contribution in [2.45, 2.75) is 19.8 Å². The molecule has 0 unspecified atom stereocenters. The van der Waals surface area contributed by atoms with Gasteiger partial charge in [-0.3, -0.25) is 14.7 Å². The van der Waals surface area contributed by atoms with Crippen molar-refractivity contribution in [3.05, 3.63) is 76.9 Å². The Morgan fingerprint density at radius 3 is 2.50 bits per heavy atom. The van der Waals surface area contributed by atoms with Gasteiger partial charge >= 0.3 is 5.69 Å². The summed E-state index contributed by atoms with van der Waals surface area (Å²) in [5.74, 6) is 0.698. The maximum atomic E-state index is 11.9. The summed E-state index contributed by atoms with van der Waals surface area (Å²) in [6.45, 7) is 4.22. The molecule has 0 radical (unpaired) electrons. The van der Waals surface area contributed by atoms with Crippen LogP contribution in [0.15, 0.2) is 61.2 Å². The minimum atomic E-state index is -0.477. The van der Waals surface area contributed by atoms with Crippen LogP contribution in [0.1, 0.15) is 25.3 Å². The second kappa shape index (κ2) is 7.07. The predicted octanol–water partition coefficient (Wildman–Crippen LogP) is 4.59. The molecule has 4 rings (SSSR count). The summed E-state index contributed by atoms with van der Waals surface area (Å²) in [6.07, 6.45) is 2.84. The smallest absolute Gasteiger partial charge is 0.334 e. The van der Waals surface area contributed by atoms with Crippen molar-refractivity contribution in [1.82, 2.24) is 19.5 Å². The molecule has 8 heteroatoms. The first-order valence-corrected chi connectivity index (χ1v) is 8.83. The van der Waals surface area contributed by atoms with Crippen LogP contribution in [-0.2, 0) is 0 Å². The number of aromatic nitrogens is 4. The van der Waals surface area contributed by atoms with Gasteiger partial charge in [0.25, 0.3) is 0 Å². The Hall–Kier alpha value is -3.81. The second-order valence-electron chi connectivity index (χ2n) is 6.66. The van der Waals surface area contributed by atoms with Crippen LogP contribution < -0.4 is 5.32 Å². The lowest BCUT2D eigenvalue weighted by molar-refractivity contribution is -0.384. The fourth-order valence-corrected chi connectivity index (χ4v) is 3.02. The van der Waals surface area contributed by atoms with Gasteiger partial charge in [0, 0.05) is 5.69 Å². The van der Waals surface area contributed by atoms with Gasteiger partial charge in [0.1, 0.15) is 12.7 Å². The maximum Gasteiger partial charge on any atom is 0.354 e. The number of fused-ring (bicyclic) bond motifs is 1. The van der Waals surface area contributed by atoms with E-state index in [1.54, 1.807) is 4.57 Å². The summed E-state index contributed by atoms with van der Waals surface area (Å²) in [5, 5.41) is 14.9. The third-order valence-electron chi connectivity index (χ3n) is 4.51. The Balaban J connectivity index is 1.79. The van der Waals surface area contributed by atoms with Gasteiger partial charge in [0.05, 0.1) is 16.0 Å². The second-order valence-corrected chi connectivity index (χ2v) is 6.66. The average molecular weight is 374 g/mol. The molecule has 140 valence electrons. The van der Waals surface area contributed by atoms with Gasteiger partial charge < -0.3 is 5.32 Å². The number of hydrogen-bond donors (Lipinski definition) is 1. The molecule has 0 aliphatic heterocycles. The van der Waals surface area contributed by atoms with Crippen molar-refractivity contribution < 1.29 is 4.92 Å². The molecule has 2 aromatic heterocycles. The summed E-state index contributed by atoms with van der Waals surface area (Å²) in [6, 6.07) is 15.1. The van der Waals surface area contributed by atoms with Gasteiger partial charge in [-0.1, -0.05) is 38.1 Å². The lowest BCUT2D eigenvalue weighted by atomic mass is 10.0. The number of nitro groups is 1. The normalized spacial score (nSPS) is 11.1. The molecule has 0 saturated heterocycles. The summed E-state index contributed by atoms with van der Waals surface area (Å²) >= 11 is 0. The zero-order valence-electron chi connectivity index (χ0n) is 15.4. The van der Waals surface area contributed by atoms with Crippen molar-refractivity contribution in [2.24, 2.45) is 0 Å². The van der Waals surface area contributed by atoms with Gasteiger partial charge in [-0.15, -0.1) is 0 Å². The van der Waals surface area contributed by atoms with Crippen LogP contribution in [0.25, 0.3) is 16.9 Å². The monoisotopic (exact) mass is 374 g/mol. The van der Waals surface area contributed by atoms with E-state index in [2.05, 4.69) is 34.1 Å². The highest BCUT2D eigenvalue weighted by Crippen LogP contribution is 2.32. The largest absolute Gasteiger partial charge is 0.354 e. The summed E-state index contributed by atoms with van der Waals surface area (Å²) in [5.41, 5.74) is 3.16. The lowest BCUT2D eigenvalue weighted by Gasteiger charge is -2.11. The summed E-state index contributed by atoms with van der Waals surface area (Å²) in [4.78, 5) is 23.9. The Morgan fingerprint density at radius 1 is 1.04 bits per heavy atom. The number of rotatable bonds is 5. The molecule has 2 heterocycles. The van der Waals surface area contributed by atoms with Crippen LogP contribution in [0, 0.1) is 10.1 Å². The van der Waals surface area contributed by atoms with Gasteiger partial charge in [0.2, 0.25) is 11.6 Å². The first kappa shape index (κ1) is 17.6. The molecule has 0 atom stereocenters. The van der Waals surface area contributed by atoms with Crippen LogP contribution in [-0.4, -0.2) is 24.4 Å². The number of anilines is 2. The standard InChI is InChI=1S/C20H18N6O2/c1-13(2)14-7-9-15(10-8-14)24-19-18(26(27)28)20(22-11-21-19)25-12-23-16-5-3-4-6-17(16)25/h3-13H,1-2H3,(H,21,22,24). The number of nitrogens with one attached hydrogen (secondary N) is 1. The number of para-hydroxylation sites is 2. The van der Waals surface area contributed by atoms with E-state index < -0.39 is 4.92 Å². The van der Waals surface area contributed by atoms with Gasteiger partial charge in [-0.05, 0) is 35.7 Å². The van der Waals surface area contributed by atoms with E-state index in [9.17, 15) is 10.1 Å². The van der Waals surface area contributed by atoms with Crippen molar-refractivity contribution in [3.63, 3.8) is 0 Å². The number of imidazole rings is 1. The van der Waals surface area contributed by atoms with Gasteiger partial charge in [-0.2, -0.15) is 0 Å². The molecule has 0 amide bonds. The van der Waals surface area contributed by atoms with Crippen molar-refractivity contribution in [3.8, 4) is 5.82 Å². The highest BCUT2D eigenvalue weighted by Gasteiger charge is 2.25.